The van der Waals surface area contributed by atoms with Crippen molar-refractivity contribution in [3.63, 3.8) is 0 Å². The SMILES string of the molecule is Cc1c(Cl)cccc1C(=O)NC(C)(C)C(C)(C)O. The third-order valence-electron chi connectivity index (χ3n) is 3.47. The molecule has 18 heavy (non-hydrogen) atoms. The highest BCUT2D eigenvalue weighted by molar-refractivity contribution is 6.31. The van der Waals surface area contributed by atoms with Gasteiger partial charge in [-0.2, -0.15) is 0 Å². The summed E-state index contributed by atoms with van der Waals surface area (Å²) in [5.74, 6) is -0.234. The molecule has 1 aromatic carbocycles. The van der Waals surface area contributed by atoms with E-state index >= 15 is 0 Å². The minimum Gasteiger partial charge on any atom is -0.388 e. The lowest BCUT2D eigenvalue weighted by molar-refractivity contribution is -0.00294. The zero-order valence-corrected chi connectivity index (χ0v) is 12.2. The van der Waals surface area contributed by atoms with Crippen LogP contribution in [-0.4, -0.2) is 22.2 Å². The van der Waals surface area contributed by atoms with E-state index in [4.69, 9.17) is 11.6 Å². The lowest BCUT2D eigenvalue weighted by Crippen LogP contribution is -2.57. The first kappa shape index (κ1) is 15.0. The Labute approximate surface area is 113 Å². The average molecular weight is 270 g/mol. The number of amides is 1. The van der Waals surface area contributed by atoms with Crippen LogP contribution >= 0.6 is 11.6 Å². The van der Waals surface area contributed by atoms with Gasteiger partial charge in [-0.25, -0.2) is 0 Å². The van der Waals surface area contributed by atoms with Gasteiger partial charge in [0.15, 0.2) is 0 Å². The summed E-state index contributed by atoms with van der Waals surface area (Å²) in [7, 11) is 0. The van der Waals surface area contributed by atoms with Crippen LogP contribution in [0.2, 0.25) is 5.02 Å². The highest BCUT2D eigenvalue weighted by Gasteiger charge is 2.36. The maximum atomic E-state index is 12.2. The highest BCUT2D eigenvalue weighted by Crippen LogP contribution is 2.23. The van der Waals surface area contributed by atoms with Gasteiger partial charge in [0.05, 0.1) is 11.1 Å². The molecule has 0 atom stereocenters. The molecule has 1 rings (SSSR count). The van der Waals surface area contributed by atoms with E-state index in [9.17, 15) is 9.90 Å². The Morgan fingerprint density at radius 3 is 2.33 bits per heavy atom. The van der Waals surface area contributed by atoms with E-state index in [-0.39, 0.29) is 5.91 Å². The van der Waals surface area contributed by atoms with Crippen LogP contribution in [0, 0.1) is 6.92 Å². The first-order valence-corrected chi connectivity index (χ1v) is 6.24. The summed E-state index contributed by atoms with van der Waals surface area (Å²) in [5.41, 5.74) is -0.489. The van der Waals surface area contributed by atoms with Gasteiger partial charge < -0.3 is 10.4 Å². The van der Waals surface area contributed by atoms with E-state index in [1.807, 2.05) is 0 Å². The summed E-state index contributed by atoms with van der Waals surface area (Å²) in [6, 6.07) is 5.20. The number of hydrogen-bond donors (Lipinski definition) is 2. The predicted molar refractivity (Wildman–Crippen MR) is 74.0 cm³/mol. The van der Waals surface area contributed by atoms with Crippen molar-refractivity contribution < 1.29 is 9.90 Å². The fourth-order valence-corrected chi connectivity index (χ4v) is 1.53. The van der Waals surface area contributed by atoms with Crippen LogP contribution in [0.15, 0.2) is 18.2 Å². The number of hydrogen-bond acceptors (Lipinski definition) is 2. The van der Waals surface area contributed by atoms with Crippen LogP contribution in [0.5, 0.6) is 0 Å². The van der Waals surface area contributed by atoms with Crippen molar-refractivity contribution in [3.8, 4) is 0 Å². The fraction of sp³-hybridized carbons (Fsp3) is 0.500. The number of rotatable bonds is 3. The predicted octanol–water partition coefficient (Wildman–Crippen LogP) is 2.93. The molecule has 0 aliphatic rings. The lowest BCUT2D eigenvalue weighted by atomic mass is 9.85. The van der Waals surface area contributed by atoms with Gasteiger partial charge in [0.1, 0.15) is 0 Å². The zero-order valence-electron chi connectivity index (χ0n) is 11.5. The normalized spacial score (nSPS) is 12.4. The van der Waals surface area contributed by atoms with Gasteiger partial charge in [0, 0.05) is 10.6 Å². The van der Waals surface area contributed by atoms with Crippen molar-refractivity contribution in [2.45, 2.75) is 45.8 Å². The van der Waals surface area contributed by atoms with Crippen LogP contribution in [0.25, 0.3) is 0 Å². The second-order valence-electron chi connectivity index (χ2n) is 5.55. The monoisotopic (exact) mass is 269 g/mol. The zero-order chi connectivity index (χ0) is 14.1. The molecule has 0 aliphatic carbocycles. The van der Waals surface area contributed by atoms with E-state index in [2.05, 4.69) is 5.32 Å². The number of carbonyl (C=O) groups excluding carboxylic acids is 1. The molecule has 0 unspecified atom stereocenters. The van der Waals surface area contributed by atoms with E-state index in [0.717, 1.165) is 5.56 Å². The standard InChI is InChI=1S/C14H20ClNO2/c1-9-10(7-6-8-11(9)15)12(17)16-13(2,3)14(4,5)18/h6-8,18H,1-5H3,(H,16,17). The molecule has 4 heteroatoms. The van der Waals surface area contributed by atoms with Gasteiger partial charge in [-0.1, -0.05) is 17.7 Å². The van der Waals surface area contributed by atoms with Crippen LogP contribution in [0.4, 0.5) is 0 Å². The van der Waals surface area contributed by atoms with Crippen molar-refractivity contribution in [1.29, 1.82) is 0 Å². The average Bonchev–Trinajstić information content (AvgIpc) is 2.19. The quantitative estimate of drug-likeness (QED) is 0.886. The van der Waals surface area contributed by atoms with E-state index in [0.29, 0.717) is 10.6 Å². The highest BCUT2D eigenvalue weighted by atomic mass is 35.5. The molecule has 1 amide bonds. The molecule has 0 fully saturated rings. The number of benzene rings is 1. The van der Waals surface area contributed by atoms with Crippen molar-refractivity contribution in [3.05, 3.63) is 34.3 Å². The Balaban J connectivity index is 3.00. The van der Waals surface area contributed by atoms with E-state index < -0.39 is 11.1 Å². The van der Waals surface area contributed by atoms with Gasteiger partial charge in [0.2, 0.25) is 0 Å². The Kier molecular flexibility index (Phi) is 4.08. The Bertz CT molecular complexity index is 461. The number of carbonyl (C=O) groups is 1. The van der Waals surface area contributed by atoms with Gasteiger partial charge in [-0.15, -0.1) is 0 Å². The largest absolute Gasteiger partial charge is 0.388 e. The van der Waals surface area contributed by atoms with Crippen LogP contribution in [-0.2, 0) is 0 Å². The van der Waals surface area contributed by atoms with Crippen molar-refractivity contribution >= 4 is 17.5 Å². The van der Waals surface area contributed by atoms with Crippen LogP contribution in [0.3, 0.4) is 0 Å². The molecule has 0 heterocycles. The lowest BCUT2D eigenvalue weighted by Gasteiger charge is -2.38. The molecule has 0 spiro atoms. The molecule has 0 aromatic heterocycles. The summed E-state index contributed by atoms with van der Waals surface area (Å²) in [6.07, 6.45) is 0. The summed E-state index contributed by atoms with van der Waals surface area (Å²) in [4.78, 5) is 12.2. The van der Waals surface area contributed by atoms with Crippen LogP contribution in [0.1, 0.15) is 43.6 Å². The molecule has 3 nitrogen and oxygen atoms in total. The molecule has 0 radical (unpaired) electrons. The van der Waals surface area contributed by atoms with Crippen molar-refractivity contribution in [2.75, 3.05) is 0 Å². The Morgan fingerprint density at radius 1 is 1.28 bits per heavy atom. The first-order valence-electron chi connectivity index (χ1n) is 5.86. The minimum absolute atomic E-state index is 0.234. The minimum atomic E-state index is -1.02. The maximum Gasteiger partial charge on any atom is 0.252 e. The summed E-state index contributed by atoms with van der Waals surface area (Å²) in [5, 5.41) is 13.4. The third-order valence-corrected chi connectivity index (χ3v) is 3.88. The first-order chi connectivity index (χ1) is 8.06. The van der Waals surface area contributed by atoms with Gasteiger partial charge >= 0.3 is 0 Å². The molecule has 1 aromatic rings. The molecule has 2 N–H and O–H groups in total. The molecule has 0 aliphatic heterocycles. The number of halogens is 1. The Morgan fingerprint density at radius 2 is 1.83 bits per heavy atom. The van der Waals surface area contributed by atoms with Crippen molar-refractivity contribution in [1.82, 2.24) is 5.32 Å². The van der Waals surface area contributed by atoms with E-state index in [1.54, 1.807) is 52.8 Å². The number of aliphatic hydroxyl groups is 1. The molecule has 0 bridgehead atoms. The van der Waals surface area contributed by atoms with Crippen LogP contribution < -0.4 is 5.32 Å². The van der Waals surface area contributed by atoms with Crippen molar-refractivity contribution in [2.24, 2.45) is 0 Å². The van der Waals surface area contributed by atoms with Gasteiger partial charge in [-0.05, 0) is 52.3 Å². The molecular weight excluding hydrogens is 250 g/mol. The summed E-state index contributed by atoms with van der Waals surface area (Å²) >= 11 is 5.99. The second-order valence-corrected chi connectivity index (χ2v) is 5.96. The maximum absolute atomic E-state index is 12.2. The Hall–Kier alpha value is -1.06. The van der Waals surface area contributed by atoms with E-state index in [1.165, 1.54) is 0 Å². The topological polar surface area (TPSA) is 49.3 Å². The molecule has 0 saturated heterocycles. The third kappa shape index (κ3) is 3.03. The fourth-order valence-electron chi connectivity index (χ4n) is 1.36. The van der Waals surface area contributed by atoms with Gasteiger partial charge in [-0.3, -0.25) is 4.79 Å². The summed E-state index contributed by atoms with van der Waals surface area (Å²) < 4.78 is 0. The molecular formula is C14H20ClNO2. The second kappa shape index (κ2) is 4.90. The molecule has 100 valence electrons. The van der Waals surface area contributed by atoms with Gasteiger partial charge in [0.25, 0.3) is 5.91 Å². The smallest absolute Gasteiger partial charge is 0.252 e. The number of nitrogens with one attached hydrogen (secondary N) is 1. The molecule has 0 saturated carbocycles. The summed E-state index contributed by atoms with van der Waals surface area (Å²) in [6.45, 7) is 8.69.